The number of hydrogen-bond acceptors (Lipinski definition) is 1. The van der Waals surface area contributed by atoms with E-state index in [9.17, 15) is 0 Å². The summed E-state index contributed by atoms with van der Waals surface area (Å²) in [4.78, 5) is 0. The second kappa shape index (κ2) is 6.28. The minimum absolute atomic E-state index is 0.922. The minimum atomic E-state index is 0.922. The van der Waals surface area contributed by atoms with Crippen LogP contribution in [0.5, 0.6) is 5.75 Å². The largest absolute Gasteiger partial charge is 0.497 e. The lowest BCUT2D eigenvalue weighted by atomic mass is 10.0. The average molecular weight is 204 g/mol. The maximum atomic E-state index is 5.15. The van der Waals surface area contributed by atoms with E-state index in [0.29, 0.717) is 0 Å². The van der Waals surface area contributed by atoms with Gasteiger partial charge in [-0.1, -0.05) is 38.5 Å². The number of benzene rings is 1. The average Bonchev–Trinajstić information content (AvgIpc) is 2.29. The Labute approximate surface area is 92.8 Å². The van der Waals surface area contributed by atoms with Gasteiger partial charge in [-0.2, -0.15) is 0 Å². The van der Waals surface area contributed by atoms with Crippen LogP contribution in [0.1, 0.15) is 38.7 Å². The molecule has 0 unspecified atom stereocenters. The lowest BCUT2D eigenvalue weighted by molar-refractivity contribution is 0.415. The molecular formula is C14H20O. The van der Waals surface area contributed by atoms with Crippen LogP contribution < -0.4 is 4.74 Å². The van der Waals surface area contributed by atoms with Crippen LogP contribution in [-0.2, 0) is 0 Å². The van der Waals surface area contributed by atoms with E-state index in [0.717, 1.165) is 18.6 Å². The van der Waals surface area contributed by atoms with Gasteiger partial charge in [0.2, 0.25) is 0 Å². The fraction of sp³-hybridized carbons (Fsp3) is 0.429. The second-order valence-corrected chi connectivity index (χ2v) is 3.62. The molecule has 1 aromatic carbocycles. The molecule has 1 heteroatoms. The molecule has 0 radical (unpaired) electrons. The van der Waals surface area contributed by atoms with Gasteiger partial charge in [0.05, 0.1) is 7.11 Å². The van der Waals surface area contributed by atoms with Gasteiger partial charge in [0.15, 0.2) is 0 Å². The van der Waals surface area contributed by atoms with Gasteiger partial charge in [0.1, 0.15) is 5.75 Å². The molecule has 0 aliphatic carbocycles. The summed E-state index contributed by atoms with van der Waals surface area (Å²) >= 11 is 0. The summed E-state index contributed by atoms with van der Waals surface area (Å²) in [5.74, 6) is 0.922. The predicted molar refractivity (Wildman–Crippen MR) is 66.2 cm³/mol. The summed E-state index contributed by atoms with van der Waals surface area (Å²) in [5, 5.41) is 0. The SMILES string of the molecule is CCC=C(CCC)c1ccc(OC)cc1. The van der Waals surface area contributed by atoms with E-state index in [2.05, 4.69) is 32.1 Å². The van der Waals surface area contributed by atoms with E-state index in [1.165, 1.54) is 17.6 Å². The molecule has 0 N–H and O–H groups in total. The molecule has 1 nitrogen and oxygen atoms in total. The highest BCUT2D eigenvalue weighted by molar-refractivity contribution is 5.65. The third-order valence-electron chi connectivity index (χ3n) is 2.43. The van der Waals surface area contributed by atoms with Crippen molar-refractivity contribution in [1.29, 1.82) is 0 Å². The minimum Gasteiger partial charge on any atom is -0.497 e. The van der Waals surface area contributed by atoms with Gasteiger partial charge in [0.25, 0.3) is 0 Å². The van der Waals surface area contributed by atoms with E-state index >= 15 is 0 Å². The molecule has 82 valence electrons. The first-order valence-corrected chi connectivity index (χ1v) is 5.65. The highest BCUT2D eigenvalue weighted by atomic mass is 16.5. The van der Waals surface area contributed by atoms with Crippen LogP contribution in [0.2, 0.25) is 0 Å². The number of methoxy groups -OCH3 is 1. The molecule has 15 heavy (non-hydrogen) atoms. The van der Waals surface area contributed by atoms with Gasteiger partial charge in [-0.05, 0) is 36.1 Å². The zero-order valence-corrected chi connectivity index (χ0v) is 9.92. The first kappa shape index (κ1) is 11.8. The van der Waals surface area contributed by atoms with Crippen LogP contribution in [0.15, 0.2) is 30.3 Å². The van der Waals surface area contributed by atoms with Crippen molar-refractivity contribution in [1.82, 2.24) is 0 Å². The monoisotopic (exact) mass is 204 g/mol. The molecule has 0 saturated heterocycles. The number of allylic oxidation sites excluding steroid dienone is 2. The summed E-state index contributed by atoms with van der Waals surface area (Å²) in [6.45, 7) is 4.40. The molecular weight excluding hydrogens is 184 g/mol. The Morgan fingerprint density at radius 3 is 2.33 bits per heavy atom. The van der Waals surface area contributed by atoms with Crippen LogP contribution >= 0.6 is 0 Å². The maximum absolute atomic E-state index is 5.15. The van der Waals surface area contributed by atoms with E-state index in [-0.39, 0.29) is 0 Å². The highest BCUT2D eigenvalue weighted by Gasteiger charge is 2.00. The van der Waals surface area contributed by atoms with Crippen molar-refractivity contribution in [3.05, 3.63) is 35.9 Å². The Morgan fingerprint density at radius 1 is 1.20 bits per heavy atom. The summed E-state index contributed by atoms with van der Waals surface area (Å²) < 4.78 is 5.15. The van der Waals surface area contributed by atoms with Crippen molar-refractivity contribution in [2.45, 2.75) is 33.1 Å². The van der Waals surface area contributed by atoms with Gasteiger partial charge in [-0.25, -0.2) is 0 Å². The Morgan fingerprint density at radius 2 is 1.87 bits per heavy atom. The van der Waals surface area contributed by atoms with Crippen molar-refractivity contribution in [3.63, 3.8) is 0 Å². The van der Waals surface area contributed by atoms with Gasteiger partial charge < -0.3 is 4.74 Å². The van der Waals surface area contributed by atoms with Crippen molar-refractivity contribution in [2.75, 3.05) is 7.11 Å². The Kier molecular flexibility index (Phi) is 4.96. The van der Waals surface area contributed by atoms with E-state index in [4.69, 9.17) is 4.74 Å². The molecule has 0 amide bonds. The summed E-state index contributed by atoms with van der Waals surface area (Å²) in [6.07, 6.45) is 5.75. The van der Waals surface area contributed by atoms with Gasteiger partial charge in [-0.15, -0.1) is 0 Å². The maximum Gasteiger partial charge on any atom is 0.118 e. The van der Waals surface area contributed by atoms with Crippen LogP contribution in [0.3, 0.4) is 0 Å². The molecule has 0 aliphatic heterocycles. The molecule has 0 atom stereocenters. The predicted octanol–water partition coefficient (Wildman–Crippen LogP) is 4.29. The van der Waals surface area contributed by atoms with Crippen LogP contribution in [-0.4, -0.2) is 7.11 Å². The summed E-state index contributed by atoms with van der Waals surface area (Å²) in [7, 11) is 1.70. The highest BCUT2D eigenvalue weighted by Crippen LogP contribution is 2.22. The number of hydrogen-bond donors (Lipinski definition) is 0. The first-order chi connectivity index (χ1) is 7.31. The molecule has 1 aromatic rings. The van der Waals surface area contributed by atoms with Crippen LogP contribution in [0, 0.1) is 0 Å². The van der Waals surface area contributed by atoms with Gasteiger partial charge in [-0.3, -0.25) is 0 Å². The fourth-order valence-corrected chi connectivity index (χ4v) is 1.69. The van der Waals surface area contributed by atoms with E-state index in [1.807, 2.05) is 12.1 Å². The van der Waals surface area contributed by atoms with Gasteiger partial charge >= 0.3 is 0 Å². The van der Waals surface area contributed by atoms with E-state index < -0.39 is 0 Å². The normalized spacial score (nSPS) is 11.5. The first-order valence-electron chi connectivity index (χ1n) is 5.65. The standard InChI is InChI=1S/C14H20O/c1-4-6-12(7-5-2)13-8-10-14(15-3)11-9-13/h6,8-11H,4-5,7H2,1-3H3. The summed E-state index contributed by atoms with van der Waals surface area (Å²) in [5.41, 5.74) is 2.77. The van der Waals surface area contributed by atoms with E-state index in [1.54, 1.807) is 7.11 Å². The zero-order chi connectivity index (χ0) is 11.1. The van der Waals surface area contributed by atoms with Crippen molar-refractivity contribution >= 4 is 5.57 Å². The van der Waals surface area contributed by atoms with Crippen LogP contribution in [0.25, 0.3) is 5.57 Å². The fourth-order valence-electron chi connectivity index (χ4n) is 1.69. The lowest BCUT2D eigenvalue weighted by Crippen LogP contribution is -1.86. The third-order valence-corrected chi connectivity index (χ3v) is 2.43. The third kappa shape index (κ3) is 3.43. The Hall–Kier alpha value is -1.24. The molecule has 0 aromatic heterocycles. The van der Waals surface area contributed by atoms with Gasteiger partial charge in [0, 0.05) is 0 Å². The van der Waals surface area contributed by atoms with Crippen molar-refractivity contribution in [3.8, 4) is 5.75 Å². The Bertz CT molecular complexity index is 309. The quantitative estimate of drug-likeness (QED) is 0.695. The molecule has 0 spiro atoms. The number of ether oxygens (including phenoxy) is 1. The smallest absolute Gasteiger partial charge is 0.118 e. The molecule has 1 rings (SSSR count). The topological polar surface area (TPSA) is 9.23 Å². The summed E-state index contributed by atoms with van der Waals surface area (Å²) in [6, 6.07) is 8.31. The second-order valence-electron chi connectivity index (χ2n) is 3.62. The van der Waals surface area contributed by atoms with Crippen molar-refractivity contribution in [2.24, 2.45) is 0 Å². The molecule has 0 saturated carbocycles. The Balaban J connectivity index is 2.86. The van der Waals surface area contributed by atoms with Crippen LogP contribution in [0.4, 0.5) is 0 Å². The molecule has 0 bridgehead atoms. The molecule has 0 fully saturated rings. The molecule has 0 heterocycles. The lowest BCUT2D eigenvalue weighted by Gasteiger charge is -2.07. The number of rotatable bonds is 5. The zero-order valence-electron chi connectivity index (χ0n) is 9.92. The molecule has 0 aliphatic rings. The van der Waals surface area contributed by atoms with Crippen molar-refractivity contribution < 1.29 is 4.74 Å².